The summed E-state index contributed by atoms with van der Waals surface area (Å²) >= 11 is 6.39. The number of aromatic nitrogens is 3. The van der Waals surface area contributed by atoms with E-state index in [1.807, 2.05) is 23.7 Å². The standard InChI is InChI=1S/C16H23ClN4O/c1-3-4-9-21-16(17)14(12(2)20-21)10-19-11-15(22)13-5-7-18-8-6-13/h5-8,15,19,22H,3-4,9-11H2,1-2H3. The van der Waals surface area contributed by atoms with Crippen LogP contribution in [0.15, 0.2) is 24.5 Å². The number of hydrogen-bond donors (Lipinski definition) is 2. The normalized spacial score (nSPS) is 12.5. The van der Waals surface area contributed by atoms with E-state index >= 15 is 0 Å². The summed E-state index contributed by atoms with van der Waals surface area (Å²) in [7, 11) is 0. The molecule has 1 unspecified atom stereocenters. The van der Waals surface area contributed by atoms with E-state index < -0.39 is 6.10 Å². The van der Waals surface area contributed by atoms with E-state index in [9.17, 15) is 5.11 Å². The van der Waals surface area contributed by atoms with Crippen LogP contribution in [0.3, 0.4) is 0 Å². The van der Waals surface area contributed by atoms with Gasteiger partial charge in [0.2, 0.25) is 0 Å². The molecule has 2 N–H and O–H groups in total. The van der Waals surface area contributed by atoms with E-state index in [-0.39, 0.29) is 0 Å². The molecule has 0 aliphatic rings. The summed E-state index contributed by atoms with van der Waals surface area (Å²) in [5.41, 5.74) is 2.79. The largest absolute Gasteiger partial charge is 0.387 e. The third kappa shape index (κ3) is 4.29. The molecule has 2 aromatic rings. The number of pyridine rings is 1. The van der Waals surface area contributed by atoms with Crippen LogP contribution in [0.1, 0.15) is 42.7 Å². The van der Waals surface area contributed by atoms with Crippen molar-refractivity contribution in [3.05, 3.63) is 46.5 Å². The van der Waals surface area contributed by atoms with Crippen LogP contribution in [-0.4, -0.2) is 26.4 Å². The number of aliphatic hydroxyl groups is 1. The number of aliphatic hydroxyl groups excluding tert-OH is 1. The Labute approximate surface area is 136 Å². The van der Waals surface area contributed by atoms with Crippen LogP contribution in [0.5, 0.6) is 0 Å². The van der Waals surface area contributed by atoms with Gasteiger partial charge in [-0.3, -0.25) is 9.67 Å². The summed E-state index contributed by atoms with van der Waals surface area (Å²) in [4.78, 5) is 3.95. The lowest BCUT2D eigenvalue weighted by atomic mass is 10.1. The molecule has 0 aliphatic carbocycles. The molecule has 2 aromatic heterocycles. The number of unbranched alkanes of at least 4 members (excludes halogenated alkanes) is 1. The number of nitrogens with zero attached hydrogens (tertiary/aromatic N) is 3. The highest BCUT2D eigenvalue weighted by atomic mass is 35.5. The topological polar surface area (TPSA) is 63.0 Å². The second-order valence-corrected chi connectivity index (χ2v) is 5.72. The number of rotatable bonds is 8. The minimum atomic E-state index is -0.558. The van der Waals surface area contributed by atoms with Crippen molar-refractivity contribution in [2.45, 2.75) is 45.9 Å². The SMILES string of the molecule is CCCCn1nc(C)c(CNCC(O)c2ccncc2)c1Cl. The first-order chi connectivity index (χ1) is 10.6. The van der Waals surface area contributed by atoms with E-state index in [0.717, 1.165) is 36.2 Å². The van der Waals surface area contributed by atoms with Gasteiger partial charge in [0.15, 0.2) is 0 Å². The molecular weight excluding hydrogens is 300 g/mol. The maximum atomic E-state index is 10.1. The summed E-state index contributed by atoms with van der Waals surface area (Å²) in [6.45, 7) is 6.01. The second kappa shape index (κ2) is 8.27. The monoisotopic (exact) mass is 322 g/mol. The molecule has 0 amide bonds. The highest BCUT2D eigenvalue weighted by molar-refractivity contribution is 6.30. The summed E-state index contributed by atoms with van der Waals surface area (Å²) in [6, 6.07) is 3.63. The fourth-order valence-electron chi connectivity index (χ4n) is 2.28. The first-order valence-corrected chi connectivity index (χ1v) is 8.01. The Bertz CT molecular complexity index is 585. The van der Waals surface area contributed by atoms with Crippen molar-refractivity contribution in [1.82, 2.24) is 20.1 Å². The van der Waals surface area contributed by atoms with Gasteiger partial charge in [0, 0.05) is 37.6 Å². The van der Waals surface area contributed by atoms with Crippen molar-refractivity contribution in [3.8, 4) is 0 Å². The molecule has 0 aliphatic heterocycles. The molecule has 0 fully saturated rings. The molecule has 0 radical (unpaired) electrons. The number of hydrogen-bond acceptors (Lipinski definition) is 4. The maximum Gasteiger partial charge on any atom is 0.131 e. The van der Waals surface area contributed by atoms with Crippen LogP contribution < -0.4 is 5.32 Å². The van der Waals surface area contributed by atoms with Gasteiger partial charge < -0.3 is 10.4 Å². The van der Waals surface area contributed by atoms with Gasteiger partial charge in [0.1, 0.15) is 5.15 Å². The van der Waals surface area contributed by atoms with Crippen molar-refractivity contribution in [3.63, 3.8) is 0 Å². The highest BCUT2D eigenvalue weighted by Gasteiger charge is 2.13. The lowest BCUT2D eigenvalue weighted by Gasteiger charge is -2.12. The Morgan fingerprint density at radius 2 is 2.09 bits per heavy atom. The van der Waals surface area contributed by atoms with E-state index in [2.05, 4.69) is 22.3 Å². The molecule has 0 spiro atoms. The molecule has 2 rings (SSSR count). The molecule has 0 saturated carbocycles. The summed E-state index contributed by atoms with van der Waals surface area (Å²) < 4.78 is 1.86. The minimum absolute atomic E-state index is 0.458. The summed E-state index contributed by atoms with van der Waals surface area (Å²) in [6.07, 6.45) is 4.97. The predicted octanol–water partition coefficient (Wildman–Crippen LogP) is 2.86. The van der Waals surface area contributed by atoms with Crippen molar-refractivity contribution >= 4 is 11.6 Å². The Morgan fingerprint density at radius 3 is 2.77 bits per heavy atom. The van der Waals surface area contributed by atoms with Crippen LogP contribution >= 0.6 is 11.6 Å². The Hall–Kier alpha value is -1.43. The van der Waals surface area contributed by atoms with E-state index in [1.165, 1.54) is 0 Å². The zero-order chi connectivity index (χ0) is 15.9. The first-order valence-electron chi connectivity index (χ1n) is 7.64. The Morgan fingerprint density at radius 1 is 1.36 bits per heavy atom. The molecule has 2 heterocycles. The Balaban J connectivity index is 1.90. The molecule has 0 aromatic carbocycles. The zero-order valence-corrected chi connectivity index (χ0v) is 13.8. The van der Waals surface area contributed by atoms with Gasteiger partial charge in [-0.1, -0.05) is 24.9 Å². The predicted molar refractivity (Wildman–Crippen MR) is 87.8 cm³/mol. The summed E-state index contributed by atoms with van der Waals surface area (Å²) in [5.74, 6) is 0. The summed E-state index contributed by atoms with van der Waals surface area (Å²) in [5, 5.41) is 18.5. The first kappa shape index (κ1) is 16.9. The molecule has 1 atom stereocenters. The van der Waals surface area contributed by atoms with Crippen LogP contribution in [-0.2, 0) is 13.1 Å². The smallest absolute Gasteiger partial charge is 0.131 e. The molecule has 120 valence electrons. The van der Waals surface area contributed by atoms with Gasteiger partial charge in [-0.05, 0) is 31.0 Å². The number of nitrogens with one attached hydrogen (secondary N) is 1. The van der Waals surface area contributed by atoms with Crippen LogP contribution in [0.4, 0.5) is 0 Å². The van der Waals surface area contributed by atoms with Crippen LogP contribution in [0.2, 0.25) is 5.15 Å². The quantitative estimate of drug-likeness (QED) is 0.784. The van der Waals surface area contributed by atoms with Crippen molar-refractivity contribution in [2.75, 3.05) is 6.54 Å². The van der Waals surface area contributed by atoms with Crippen molar-refractivity contribution in [2.24, 2.45) is 0 Å². The van der Waals surface area contributed by atoms with E-state index in [4.69, 9.17) is 11.6 Å². The number of halogens is 1. The minimum Gasteiger partial charge on any atom is -0.387 e. The van der Waals surface area contributed by atoms with Crippen LogP contribution in [0, 0.1) is 6.92 Å². The molecule has 0 bridgehead atoms. The zero-order valence-electron chi connectivity index (χ0n) is 13.1. The fraction of sp³-hybridized carbons (Fsp3) is 0.500. The second-order valence-electron chi connectivity index (χ2n) is 5.36. The van der Waals surface area contributed by atoms with Gasteiger partial charge in [-0.2, -0.15) is 5.10 Å². The van der Waals surface area contributed by atoms with Gasteiger partial charge in [0.05, 0.1) is 11.8 Å². The van der Waals surface area contributed by atoms with Gasteiger partial charge in [-0.15, -0.1) is 0 Å². The average molecular weight is 323 g/mol. The van der Waals surface area contributed by atoms with E-state index in [0.29, 0.717) is 18.2 Å². The maximum absolute atomic E-state index is 10.1. The third-order valence-electron chi connectivity index (χ3n) is 3.64. The Kier molecular flexibility index (Phi) is 6.36. The molecular formula is C16H23ClN4O. The molecule has 6 heteroatoms. The van der Waals surface area contributed by atoms with Gasteiger partial charge in [-0.25, -0.2) is 0 Å². The highest BCUT2D eigenvalue weighted by Crippen LogP contribution is 2.20. The molecule has 5 nitrogen and oxygen atoms in total. The van der Waals surface area contributed by atoms with Gasteiger partial charge >= 0.3 is 0 Å². The lowest BCUT2D eigenvalue weighted by Crippen LogP contribution is -2.21. The average Bonchev–Trinajstić information content (AvgIpc) is 2.81. The van der Waals surface area contributed by atoms with Crippen LogP contribution in [0.25, 0.3) is 0 Å². The number of aryl methyl sites for hydroxylation is 2. The van der Waals surface area contributed by atoms with E-state index in [1.54, 1.807) is 12.4 Å². The third-order valence-corrected chi connectivity index (χ3v) is 4.06. The van der Waals surface area contributed by atoms with Crippen molar-refractivity contribution < 1.29 is 5.11 Å². The molecule has 22 heavy (non-hydrogen) atoms. The lowest BCUT2D eigenvalue weighted by molar-refractivity contribution is 0.174. The van der Waals surface area contributed by atoms with Crippen molar-refractivity contribution in [1.29, 1.82) is 0 Å². The molecule has 0 saturated heterocycles. The fourth-order valence-corrected chi connectivity index (χ4v) is 2.61. The van der Waals surface area contributed by atoms with Gasteiger partial charge in [0.25, 0.3) is 0 Å².